The largest absolute Gasteiger partial charge is 0.480 e. The monoisotopic (exact) mass is 284 g/mol. The Bertz CT molecular complexity index is 437. The number of aliphatic carboxylic acids is 1. The highest BCUT2D eigenvalue weighted by atomic mass is 32.2. The molecule has 2 saturated heterocycles. The molecule has 3 atom stereocenters. The van der Waals surface area contributed by atoms with Crippen molar-refractivity contribution in [1.82, 2.24) is 10.2 Å². The van der Waals surface area contributed by atoms with Crippen LogP contribution in [0.4, 0.5) is 0 Å². The van der Waals surface area contributed by atoms with Crippen LogP contribution in [0, 0.1) is 5.92 Å². The Balaban J connectivity index is 1.78. The summed E-state index contributed by atoms with van der Waals surface area (Å²) in [5.74, 6) is -0.424. The van der Waals surface area contributed by atoms with Crippen LogP contribution in [0.5, 0.6) is 0 Å². The Morgan fingerprint density at radius 2 is 2.05 bits per heavy atom. The molecule has 3 fully saturated rings. The van der Waals surface area contributed by atoms with Crippen molar-refractivity contribution in [3.8, 4) is 0 Å². The number of nitrogens with one attached hydrogen (secondary N) is 1. The van der Waals surface area contributed by atoms with Crippen molar-refractivity contribution in [2.45, 2.75) is 43.1 Å². The average molecular weight is 284 g/mol. The molecule has 19 heavy (non-hydrogen) atoms. The first-order chi connectivity index (χ1) is 9.08. The second-order valence-corrected chi connectivity index (χ2v) is 6.47. The molecule has 2 amide bonds. The van der Waals surface area contributed by atoms with E-state index in [2.05, 4.69) is 5.32 Å². The zero-order valence-electron chi connectivity index (χ0n) is 10.4. The molecule has 1 aliphatic carbocycles. The number of hydrogen-bond donors (Lipinski definition) is 2. The zero-order valence-corrected chi connectivity index (χ0v) is 11.2. The number of carboxylic acids is 1. The van der Waals surface area contributed by atoms with Gasteiger partial charge in [0.2, 0.25) is 11.8 Å². The van der Waals surface area contributed by atoms with E-state index in [1.54, 1.807) is 11.8 Å². The van der Waals surface area contributed by atoms with Crippen LogP contribution >= 0.6 is 11.8 Å². The SMILES string of the molecule is O=C1CC[C@H](C(=O)N2C(C(=O)O)CSC2C2CC2)N1. The van der Waals surface area contributed by atoms with Crippen molar-refractivity contribution in [2.24, 2.45) is 5.92 Å². The van der Waals surface area contributed by atoms with Crippen molar-refractivity contribution in [3.63, 3.8) is 0 Å². The fourth-order valence-electron chi connectivity index (χ4n) is 2.72. The summed E-state index contributed by atoms with van der Waals surface area (Å²) < 4.78 is 0. The molecule has 2 heterocycles. The fraction of sp³-hybridized carbons (Fsp3) is 0.750. The first kappa shape index (κ1) is 12.8. The molecular weight excluding hydrogens is 268 g/mol. The molecule has 0 bridgehead atoms. The minimum atomic E-state index is -0.951. The summed E-state index contributed by atoms with van der Waals surface area (Å²) in [6.07, 6.45) is 2.95. The second-order valence-electron chi connectivity index (χ2n) is 5.32. The molecule has 0 radical (unpaired) electrons. The molecule has 2 N–H and O–H groups in total. The van der Waals surface area contributed by atoms with Gasteiger partial charge in [0.15, 0.2) is 0 Å². The molecule has 7 heteroatoms. The number of carboxylic acid groups (broad SMARTS) is 1. The summed E-state index contributed by atoms with van der Waals surface area (Å²) in [5, 5.41) is 11.9. The van der Waals surface area contributed by atoms with E-state index in [-0.39, 0.29) is 17.2 Å². The predicted octanol–water partition coefficient (Wildman–Crippen LogP) is 0.0297. The third-order valence-electron chi connectivity index (χ3n) is 3.89. The molecule has 2 aliphatic heterocycles. The summed E-state index contributed by atoms with van der Waals surface area (Å²) in [6, 6.07) is -1.28. The minimum Gasteiger partial charge on any atom is -0.480 e. The lowest BCUT2D eigenvalue weighted by Crippen LogP contribution is -2.52. The number of amides is 2. The lowest BCUT2D eigenvalue weighted by molar-refractivity contribution is -0.150. The maximum absolute atomic E-state index is 12.5. The maximum Gasteiger partial charge on any atom is 0.327 e. The van der Waals surface area contributed by atoms with Crippen LogP contribution in [0.15, 0.2) is 0 Å². The van der Waals surface area contributed by atoms with Gasteiger partial charge >= 0.3 is 5.97 Å². The molecule has 0 spiro atoms. The molecule has 0 aromatic heterocycles. The normalized spacial score (nSPS) is 34.4. The second kappa shape index (κ2) is 4.70. The van der Waals surface area contributed by atoms with Crippen LogP contribution in [0.25, 0.3) is 0 Å². The van der Waals surface area contributed by atoms with Crippen molar-refractivity contribution in [3.05, 3.63) is 0 Å². The van der Waals surface area contributed by atoms with Gasteiger partial charge in [-0.25, -0.2) is 4.79 Å². The molecule has 0 aromatic rings. The smallest absolute Gasteiger partial charge is 0.327 e. The van der Waals surface area contributed by atoms with Crippen molar-refractivity contribution in [2.75, 3.05) is 5.75 Å². The number of thioether (sulfide) groups is 1. The Morgan fingerprint density at radius 1 is 1.32 bits per heavy atom. The lowest BCUT2D eigenvalue weighted by atomic mass is 10.1. The number of hydrogen-bond acceptors (Lipinski definition) is 4. The number of nitrogens with zero attached hydrogens (tertiary/aromatic N) is 1. The van der Waals surface area contributed by atoms with Crippen LogP contribution in [0.2, 0.25) is 0 Å². The van der Waals surface area contributed by atoms with Crippen molar-refractivity contribution < 1.29 is 19.5 Å². The minimum absolute atomic E-state index is 0.0221. The Labute approximate surface area is 114 Å². The Hall–Kier alpha value is -1.24. The van der Waals surface area contributed by atoms with Crippen LogP contribution in [-0.4, -0.2) is 51.0 Å². The van der Waals surface area contributed by atoms with Gasteiger partial charge in [0.05, 0.1) is 5.37 Å². The van der Waals surface area contributed by atoms with Crippen molar-refractivity contribution in [1.29, 1.82) is 0 Å². The molecular formula is C12H16N2O4S. The Morgan fingerprint density at radius 3 is 2.58 bits per heavy atom. The van der Waals surface area contributed by atoms with Gasteiger partial charge < -0.3 is 15.3 Å². The first-order valence-electron chi connectivity index (χ1n) is 6.54. The summed E-state index contributed by atoms with van der Waals surface area (Å²) in [7, 11) is 0. The molecule has 1 saturated carbocycles. The van der Waals surface area contributed by atoms with Gasteiger partial charge in [-0.3, -0.25) is 9.59 Å². The van der Waals surface area contributed by atoms with Crippen molar-refractivity contribution >= 4 is 29.5 Å². The third kappa shape index (κ3) is 2.31. The molecule has 0 aromatic carbocycles. The highest BCUT2D eigenvalue weighted by Crippen LogP contribution is 2.45. The predicted molar refractivity (Wildman–Crippen MR) is 68.4 cm³/mol. The lowest BCUT2D eigenvalue weighted by Gasteiger charge is -2.29. The Kier molecular flexibility index (Phi) is 3.16. The van der Waals surface area contributed by atoms with E-state index in [1.165, 1.54) is 4.90 Å². The summed E-state index contributed by atoms with van der Waals surface area (Å²) in [4.78, 5) is 36.5. The average Bonchev–Trinajstić information content (AvgIpc) is 2.96. The van der Waals surface area contributed by atoms with Crippen LogP contribution in [0.1, 0.15) is 25.7 Å². The van der Waals surface area contributed by atoms with E-state index in [4.69, 9.17) is 0 Å². The van der Waals surface area contributed by atoms with E-state index in [0.717, 1.165) is 12.8 Å². The van der Waals surface area contributed by atoms with Crippen LogP contribution in [0.3, 0.4) is 0 Å². The summed E-state index contributed by atoms with van der Waals surface area (Å²) in [6.45, 7) is 0. The van der Waals surface area contributed by atoms with Gasteiger partial charge in [-0.2, -0.15) is 0 Å². The number of carbonyl (C=O) groups excluding carboxylic acids is 2. The molecule has 6 nitrogen and oxygen atoms in total. The highest BCUT2D eigenvalue weighted by molar-refractivity contribution is 8.00. The van der Waals surface area contributed by atoms with Gasteiger partial charge in [-0.1, -0.05) is 0 Å². The third-order valence-corrected chi connectivity index (χ3v) is 5.35. The number of carbonyl (C=O) groups is 3. The standard InChI is InChI=1S/C12H16N2O4S/c15-9-4-3-7(13-9)10(16)14-8(12(17)18)5-19-11(14)6-1-2-6/h6-8,11H,1-5H2,(H,13,15)(H,17,18)/t7-,8?,11?/m1/s1. The van der Waals surface area contributed by atoms with E-state index in [0.29, 0.717) is 24.5 Å². The van der Waals surface area contributed by atoms with E-state index in [1.807, 2.05) is 0 Å². The van der Waals surface area contributed by atoms with Gasteiger partial charge in [-0.05, 0) is 25.2 Å². The van der Waals surface area contributed by atoms with Crippen LogP contribution < -0.4 is 5.32 Å². The van der Waals surface area contributed by atoms with Gasteiger partial charge in [0.1, 0.15) is 12.1 Å². The molecule has 3 aliphatic rings. The fourth-order valence-corrected chi connectivity index (χ4v) is 4.36. The van der Waals surface area contributed by atoms with Gasteiger partial charge in [-0.15, -0.1) is 11.8 Å². The van der Waals surface area contributed by atoms with Crippen LogP contribution in [-0.2, 0) is 14.4 Å². The van der Waals surface area contributed by atoms with E-state index in [9.17, 15) is 19.5 Å². The number of rotatable bonds is 3. The maximum atomic E-state index is 12.5. The molecule has 2 unspecified atom stereocenters. The zero-order chi connectivity index (χ0) is 13.6. The highest BCUT2D eigenvalue weighted by Gasteiger charge is 2.49. The molecule has 3 rings (SSSR count). The summed E-state index contributed by atoms with van der Waals surface area (Å²) >= 11 is 1.56. The van der Waals surface area contributed by atoms with Gasteiger partial charge in [0, 0.05) is 12.2 Å². The summed E-state index contributed by atoms with van der Waals surface area (Å²) in [5.41, 5.74) is 0. The van der Waals surface area contributed by atoms with Gasteiger partial charge in [0.25, 0.3) is 0 Å². The topological polar surface area (TPSA) is 86.7 Å². The van der Waals surface area contributed by atoms with E-state index < -0.39 is 18.1 Å². The molecule has 104 valence electrons. The quantitative estimate of drug-likeness (QED) is 0.763. The first-order valence-corrected chi connectivity index (χ1v) is 7.59. The van der Waals surface area contributed by atoms with E-state index >= 15 is 0 Å².